The molecule has 2 aliphatic heterocycles. The van der Waals surface area contributed by atoms with Crippen molar-refractivity contribution in [2.24, 2.45) is 0 Å². The van der Waals surface area contributed by atoms with Crippen molar-refractivity contribution >= 4 is 34.4 Å². The van der Waals surface area contributed by atoms with Crippen LogP contribution < -0.4 is 4.90 Å². The van der Waals surface area contributed by atoms with Crippen LogP contribution in [0.2, 0.25) is 0 Å². The summed E-state index contributed by atoms with van der Waals surface area (Å²) < 4.78 is 5.68. The predicted octanol–water partition coefficient (Wildman–Crippen LogP) is 5.48. The number of rotatable bonds is 3. The highest BCUT2D eigenvalue weighted by molar-refractivity contribution is 7.98. The molecule has 1 amide bonds. The zero-order chi connectivity index (χ0) is 24.7. The van der Waals surface area contributed by atoms with Crippen LogP contribution in [0, 0.1) is 11.3 Å². The zero-order valence-corrected chi connectivity index (χ0v) is 21.3. The maximum Gasteiger partial charge on any atom is 0.410 e. The molecule has 2 fully saturated rings. The van der Waals surface area contributed by atoms with E-state index in [4.69, 9.17) is 14.7 Å². The third-order valence-electron chi connectivity index (χ3n) is 6.57. The molecule has 0 N–H and O–H groups in total. The van der Waals surface area contributed by atoms with Gasteiger partial charge in [0, 0.05) is 18.7 Å². The summed E-state index contributed by atoms with van der Waals surface area (Å²) >= 11 is 1.46. The van der Waals surface area contributed by atoms with Crippen LogP contribution in [0.5, 0.6) is 0 Å². The molecule has 2 atom stereocenters. The Balaban J connectivity index is 1.51. The number of aromatic nitrogens is 2. The van der Waals surface area contributed by atoms with Gasteiger partial charge in [0.1, 0.15) is 17.2 Å². The summed E-state index contributed by atoms with van der Waals surface area (Å²) in [5, 5.41) is 13.1. The number of carbonyl (C=O) groups is 1. The molecule has 2 saturated heterocycles. The Kier molecular flexibility index (Phi) is 6.06. The van der Waals surface area contributed by atoms with E-state index in [1.807, 2.05) is 50.1 Å². The van der Waals surface area contributed by atoms with E-state index in [9.17, 15) is 10.1 Å². The van der Waals surface area contributed by atoms with E-state index in [0.717, 1.165) is 29.2 Å². The number of thioether (sulfide) groups is 1. The molecule has 3 heterocycles. The summed E-state index contributed by atoms with van der Waals surface area (Å²) in [6, 6.07) is 16.8. The van der Waals surface area contributed by atoms with Crippen molar-refractivity contribution < 1.29 is 9.53 Å². The van der Waals surface area contributed by atoms with E-state index >= 15 is 0 Å². The molecule has 35 heavy (non-hydrogen) atoms. The van der Waals surface area contributed by atoms with Crippen molar-refractivity contribution in [3.8, 4) is 17.3 Å². The maximum atomic E-state index is 12.9. The van der Waals surface area contributed by atoms with Gasteiger partial charge < -0.3 is 9.64 Å². The first kappa shape index (κ1) is 23.4. The quantitative estimate of drug-likeness (QED) is 0.357. The van der Waals surface area contributed by atoms with Crippen LogP contribution >= 0.6 is 11.8 Å². The summed E-state index contributed by atoms with van der Waals surface area (Å²) in [4.78, 5) is 26.5. The summed E-state index contributed by atoms with van der Waals surface area (Å²) in [6.45, 7) is 6.91. The minimum Gasteiger partial charge on any atom is -0.444 e. The molecular formula is C27H29N5O2S. The van der Waals surface area contributed by atoms with Crippen LogP contribution in [-0.2, 0) is 4.74 Å². The van der Waals surface area contributed by atoms with Crippen molar-refractivity contribution in [3.63, 3.8) is 0 Å². The van der Waals surface area contributed by atoms with E-state index in [2.05, 4.69) is 35.2 Å². The second kappa shape index (κ2) is 9.04. The van der Waals surface area contributed by atoms with Gasteiger partial charge in [0.05, 0.1) is 17.8 Å². The van der Waals surface area contributed by atoms with Crippen LogP contribution in [0.4, 0.5) is 10.6 Å². The van der Waals surface area contributed by atoms with Crippen LogP contribution in [0.25, 0.3) is 22.0 Å². The first-order valence-electron chi connectivity index (χ1n) is 11.9. The van der Waals surface area contributed by atoms with Gasteiger partial charge in [-0.1, -0.05) is 48.2 Å². The number of amides is 1. The lowest BCUT2D eigenvalue weighted by Gasteiger charge is -2.42. The molecule has 1 aromatic heterocycles. The second-order valence-electron chi connectivity index (χ2n) is 10.1. The minimum absolute atomic E-state index is 0.0342. The number of carbonyl (C=O) groups excluding carboxylic acids is 1. The van der Waals surface area contributed by atoms with E-state index in [1.165, 1.54) is 11.8 Å². The number of anilines is 1. The SMILES string of the molecule is CSc1nc(-c2ccc3ccccc3c2)c(C#N)c(N2C[C@H]3CC[C@@H](C2)N3C(=O)OC(C)(C)C)n1. The zero-order valence-electron chi connectivity index (χ0n) is 20.5. The molecule has 180 valence electrons. The average molecular weight is 488 g/mol. The first-order valence-corrected chi connectivity index (χ1v) is 13.1. The molecule has 2 aromatic carbocycles. The Morgan fingerprint density at radius 1 is 1.09 bits per heavy atom. The third-order valence-corrected chi connectivity index (χ3v) is 7.12. The largest absolute Gasteiger partial charge is 0.444 e. The monoisotopic (exact) mass is 487 g/mol. The molecule has 7 nitrogen and oxygen atoms in total. The average Bonchev–Trinajstić information content (AvgIpc) is 3.11. The van der Waals surface area contributed by atoms with Gasteiger partial charge in [0.2, 0.25) is 0 Å². The topological polar surface area (TPSA) is 82.4 Å². The van der Waals surface area contributed by atoms with Crippen LogP contribution in [0.3, 0.4) is 0 Å². The number of fused-ring (bicyclic) bond motifs is 3. The number of ether oxygens (including phenoxy) is 1. The fraction of sp³-hybridized carbons (Fsp3) is 0.407. The second-order valence-corrected chi connectivity index (χ2v) is 10.9. The maximum absolute atomic E-state index is 12.9. The first-order chi connectivity index (χ1) is 16.8. The number of nitriles is 1. The van der Waals surface area contributed by atoms with Gasteiger partial charge in [0.15, 0.2) is 11.0 Å². The van der Waals surface area contributed by atoms with Gasteiger partial charge in [-0.15, -0.1) is 0 Å². The van der Waals surface area contributed by atoms with Crippen molar-refractivity contribution in [2.45, 2.75) is 56.5 Å². The molecular weight excluding hydrogens is 458 g/mol. The van der Waals surface area contributed by atoms with Gasteiger partial charge in [-0.2, -0.15) is 5.26 Å². The number of hydrogen-bond donors (Lipinski definition) is 0. The molecule has 3 aromatic rings. The van der Waals surface area contributed by atoms with Crippen molar-refractivity contribution in [3.05, 3.63) is 48.0 Å². The van der Waals surface area contributed by atoms with Crippen molar-refractivity contribution in [1.29, 1.82) is 5.26 Å². The Morgan fingerprint density at radius 3 is 2.40 bits per heavy atom. The molecule has 0 unspecified atom stereocenters. The smallest absolute Gasteiger partial charge is 0.410 e. The molecule has 0 radical (unpaired) electrons. The van der Waals surface area contributed by atoms with Gasteiger partial charge in [-0.3, -0.25) is 4.90 Å². The van der Waals surface area contributed by atoms with Crippen LogP contribution in [0.1, 0.15) is 39.2 Å². The van der Waals surface area contributed by atoms with Gasteiger partial charge in [0.25, 0.3) is 0 Å². The molecule has 8 heteroatoms. The fourth-order valence-corrected chi connectivity index (χ4v) is 5.45. The number of nitrogens with zero attached hydrogens (tertiary/aromatic N) is 5. The van der Waals surface area contributed by atoms with E-state index < -0.39 is 5.60 Å². The number of piperazine rings is 1. The Bertz CT molecular complexity index is 1320. The third kappa shape index (κ3) is 4.53. The molecule has 2 aliphatic rings. The van der Waals surface area contributed by atoms with Gasteiger partial charge in [-0.05, 0) is 56.7 Å². The highest BCUT2D eigenvalue weighted by Crippen LogP contribution is 2.37. The Hall–Kier alpha value is -3.31. The number of hydrogen-bond acceptors (Lipinski definition) is 7. The van der Waals surface area contributed by atoms with E-state index in [0.29, 0.717) is 35.3 Å². The van der Waals surface area contributed by atoms with Crippen molar-refractivity contribution in [1.82, 2.24) is 14.9 Å². The standard InChI is InChI=1S/C27H29N5O2S/c1-27(2,3)34-26(33)32-20-11-12-21(32)16-31(15-20)24-22(14-28)23(29-25(30-24)35-4)19-10-9-17-7-5-6-8-18(17)13-19/h5-10,13,20-21H,11-12,15-16H2,1-4H3/t20-,21+. The fourth-order valence-electron chi connectivity index (χ4n) is 5.09. The normalized spacial score (nSPS) is 19.6. The summed E-state index contributed by atoms with van der Waals surface area (Å²) in [7, 11) is 0. The highest BCUT2D eigenvalue weighted by Gasteiger charge is 2.45. The summed E-state index contributed by atoms with van der Waals surface area (Å²) in [6.07, 6.45) is 3.52. The summed E-state index contributed by atoms with van der Waals surface area (Å²) in [5.41, 5.74) is 1.49. The van der Waals surface area contributed by atoms with Crippen LogP contribution in [0.15, 0.2) is 47.6 Å². The summed E-state index contributed by atoms with van der Waals surface area (Å²) in [5.74, 6) is 0.649. The molecule has 0 spiro atoms. The molecule has 0 aliphatic carbocycles. The lowest BCUT2D eigenvalue weighted by molar-refractivity contribution is 0.0122. The van der Waals surface area contributed by atoms with E-state index in [1.54, 1.807) is 0 Å². The minimum atomic E-state index is -0.531. The molecule has 0 saturated carbocycles. The lowest BCUT2D eigenvalue weighted by atomic mass is 10.0. The Morgan fingerprint density at radius 2 is 1.77 bits per heavy atom. The Labute approximate surface area is 210 Å². The molecule has 5 rings (SSSR count). The van der Waals surface area contributed by atoms with Gasteiger partial charge in [-0.25, -0.2) is 14.8 Å². The van der Waals surface area contributed by atoms with Crippen molar-refractivity contribution in [2.75, 3.05) is 24.2 Å². The van der Waals surface area contributed by atoms with E-state index in [-0.39, 0.29) is 18.2 Å². The van der Waals surface area contributed by atoms with Crippen LogP contribution in [-0.4, -0.2) is 58.0 Å². The molecule has 2 bridgehead atoms. The highest BCUT2D eigenvalue weighted by atomic mass is 32.2. The number of benzene rings is 2. The van der Waals surface area contributed by atoms with Gasteiger partial charge >= 0.3 is 6.09 Å². The lowest BCUT2D eigenvalue weighted by Crippen LogP contribution is -2.57. The predicted molar refractivity (Wildman–Crippen MR) is 139 cm³/mol.